The Hall–Kier alpha value is 2.01. The van der Waals surface area contributed by atoms with Crippen molar-refractivity contribution < 1.29 is 45.5 Å². The molecule has 0 aromatic carbocycles. The predicted molar refractivity (Wildman–Crippen MR) is 133 cm³/mol. The number of halogens is 1. The van der Waals surface area contributed by atoms with Crippen LogP contribution in [0.2, 0.25) is 13.3 Å². The number of quaternary nitrogens is 1. The molecule has 2 rings (SSSR count). The van der Waals surface area contributed by atoms with Gasteiger partial charge in [0.05, 0.1) is 27.7 Å². The van der Waals surface area contributed by atoms with Crippen molar-refractivity contribution in [3.05, 3.63) is 6.42 Å². The Kier molecular flexibility index (Phi) is 31.2. The Labute approximate surface area is 227 Å². The molecular weight excluding hydrogens is 628 g/mol. The number of hydrogen-bond acceptors (Lipinski definition) is 0. The Morgan fingerprint density at radius 3 is 1.40 bits per heavy atom. The zero-order valence-corrected chi connectivity index (χ0v) is 27.7. The van der Waals surface area contributed by atoms with Crippen molar-refractivity contribution in [2.75, 3.05) is 27.7 Å². The van der Waals surface area contributed by atoms with E-state index in [2.05, 4.69) is 48.3 Å². The van der Waals surface area contributed by atoms with Crippen molar-refractivity contribution >= 4 is 19.8 Å². The van der Waals surface area contributed by atoms with E-state index >= 15 is 0 Å². The summed E-state index contributed by atoms with van der Waals surface area (Å²) in [7, 11) is 6.81. The molecule has 0 saturated heterocycles. The molecule has 0 spiro atoms. The van der Waals surface area contributed by atoms with Gasteiger partial charge in [-0.1, -0.05) is 44.9 Å². The maximum Gasteiger partial charge on any atom is 2.00 e. The van der Waals surface area contributed by atoms with Crippen LogP contribution in [0.1, 0.15) is 111 Å². The number of rotatable bonds is 11. The van der Waals surface area contributed by atoms with E-state index in [1.54, 1.807) is 13.3 Å². The minimum atomic E-state index is -0.839. The van der Waals surface area contributed by atoms with Gasteiger partial charge < -0.3 is 34.9 Å². The molecule has 182 valence electrons. The van der Waals surface area contributed by atoms with Crippen LogP contribution in [-0.4, -0.2) is 51.9 Å². The van der Waals surface area contributed by atoms with Gasteiger partial charge in [-0.2, -0.15) is 6.42 Å². The predicted octanol–water partition coefficient (Wildman–Crippen LogP) is 5.53. The molecule has 4 heteroatoms. The molecule has 0 heterocycles. The van der Waals surface area contributed by atoms with Crippen molar-refractivity contribution in [3.63, 3.8) is 0 Å². The topological polar surface area (TPSA) is 0 Å². The van der Waals surface area contributed by atoms with E-state index in [4.69, 9.17) is 0 Å². The van der Waals surface area contributed by atoms with Gasteiger partial charge in [-0.25, -0.2) is 0 Å². The van der Waals surface area contributed by atoms with Crippen molar-refractivity contribution in [2.45, 2.75) is 124 Å². The van der Waals surface area contributed by atoms with E-state index in [0.717, 1.165) is 10.4 Å². The molecule has 0 aliphatic heterocycles. The zero-order valence-electron chi connectivity index (χ0n) is 21.6. The molecule has 2 aliphatic rings. The first-order valence-electron chi connectivity index (χ1n) is 12.9. The van der Waals surface area contributed by atoms with Gasteiger partial charge in [-0.15, -0.1) is 5.92 Å². The summed E-state index contributed by atoms with van der Waals surface area (Å²) in [6, 6.07) is 0. The third-order valence-electron chi connectivity index (χ3n) is 5.96. The monoisotopic (exact) mass is 685 g/mol. The molecule has 30 heavy (non-hydrogen) atoms. The molecule has 0 aromatic rings. The molecular formula is C26H56FeINSn+2. The van der Waals surface area contributed by atoms with Crippen LogP contribution in [0.4, 0.5) is 0 Å². The molecule has 0 radical (unpaired) electrons. The van der Waals surface area contributed by atoms with E-state index in [1.807, 2.05) is 0 Å². The minimum absolute atomic E-state index is 0. The maximum atomic E-state index is 2.49. The molecule has 2 fully saturated rings. The van der Waals surface area contributed by atoms with E-state index < -0.39 is 19.8 Å². The SMILES string of the molecule is C1CCCC1.CCC[CH2][Sn+]([CH2]CCC)[CH2]CCC.C[N+](C)(C)CC1[CH-]CCC1.[Fe+2].[I-]. The quantitative estimate of drug-likeness (QED) is 0.116. The molecule has 0 bridgehead atoms. The minimum Gasteiger partial charge on any atom is -1.00 e. The summed E-state index contributed by atoms with van der Waals surface area (Å²) in [5, 5.41) is 0. The maximum absolute atomic E-state index is 2.49. The second kappa shape index (κ2) is 25.6. The van der Waals surface area contributed by atoms with E-state index in [0.29, 0.717) is 0 Å². The van der Waals surface area contributed by atoms with Crippen LogP contribution in [0.5, 0.6) is 0 Å². The van der Waals surface area contributed by atoms with Crippen LogP contribution in [0.15, 0.2) is 0 Å². The molecule has 2 aliphatic carbocycles. The van der Waals surface area contributed by atoms with E-state index in [1.165, 1.54) is 96.4 Å². The molecule has 0 aromatic heterocycles. The van der Waals surface area contributed by atoms with Crippen LogP contribution in [-0.2, 0) is 17.1 Å². The summed E-state index contributed by atoms with van der Waals surface area (Å²) in [6.07, 6.45) is 23.0. The normalized spacial score (nSPS) is 17.6. The summed E-state index contributed by atoms with van der Waals surface area (Å²) in [5.41, 5.74) is 0. The summed E-state index contributed by atoms with van der Waals surface area (Å²) in [6.45, 7) is 8.32. The van der Waals surface area contributed by atoms with Crippen molar-refractivity contribution in [2.24, 2.45) is 5.92 Å². The summed E-state index contributed by atoms with van der Waals surface area (Å²) in [4.78, 5) is 0. The van der Waals surface area contributed by atoms with Gasteiger partial charge in [0, 0.05) is 0 Å². The van der Waals surface area contributed by atoms with Gasteiger partial charge in [0.1, 0.15) is 0 Å². The second-order valence-electron chi connectivity index (χ2n) is 10.2. The average Bonchev–Trinajstić information content (AvgIpc) is 3.37. The fraction of sp³-hybridized carbons (Fsp3) is 0.962. The van der Waals surface area contributed by atoms with Crippen molar-refractivity contribution in [1.82, 2.24) is 0 Å². The smallest absolute Gasteiger partial charge is 1.00 e. The first kappa shape index (κ1) is 36.6. The van der Waals surface area contributed by atoms with Crippen LogP contribution in [0.3, 0.4) is 0 Å². The van der Waals surface area contributed by atoms with Gasteiger partial charge in [0.2, 0.25) is 0 Å². The van der Waals surface area contributed by atoms with Crippen LogP contribution in [0, 0.1) is 12.3 Å². The molecule has 2 saturated carbocycles. The fourth-order valence-electron chi connectivity index (χ4n) is 4.26. The molecule has 0 N–H and O–H groups in total. The molecule has 1 unspecified atom stereocenters. The van der Waals surface area contributed by atoms with Gasteiger partial charge in [-0.05, 0) is 0 Å². The van der Waals surface area contributed by atoms with Gasteiger partial charge >= 0.3 is 109 Å². The van der Waals surface area contributed by atoms with Crippen molar-refractivity contribution in [1.29, 1.82) is 0 Å². The average molecular weight is 684 g/mol. The summed E-state index contributed by atoms with van der Waals surface area (Å²) >= 11 is -0.839. The Morgan fingerprint density at radius 1 is 0.733 bits per heavy atom. The van der Waals surface area contributed by atoms with Gasteiger partial charge in [-0.3, -0.25) is 0 Å². The largest absolute Gasteiger partial charge is 2.00 e. The third kappa shape index (κ3) is 26.3. The molecule has 1 atom stereocenters. The van der Waals surface area contributed by atoms with Crippen LogP contribution >= 0.6 is 0 Å². The van der Waals surface area contributed by atoms with Crippen molar-refractivity contribution in [3.8, 4) is 0 Å². The molecule has 1 nitrogen and oxygen atoms in total. The number of unbranched alkanes of at least 4 members (excludes halogenated alkanes) is 3. The summed E-state index contributed by atoms with van der Waals surface area (Å²) in [5.74, 6) is 0.903. The first-order chi connectivity index (χ1) is 13.4. The standard InChI is InChI=1S/C9H19N.C5H10.3C4H9.Fe.HI.Sn/c1-10(2,3)8-9-6-4-5-7-9;1-2-4-5-3-1;3*1-3-4-2;;;/h6,9H,4-5,7-8H2,1-3H3;1-5H2;3*1,3-4H2,2H3;;1H;/q;;;;;+2;;+1/p-1. The zero-order chi connectivity index (χ0) is 21.1. The number of hydrogen-bond donors (Lipinski definition) is 0. The second-order valence-corrected chi connectivity index (χ2v) is 18.8. The Balaban J connectivity index is -0.000000380. The fourth-order valence-corrected chi connectivity index (χ4v) is 13.7. The summed E-state index contributed by atoms with van der Waals surface area (Å²) < 4.78 is 6.15. The van der Waals surface area contributed by atoms with E-state index in [-0.39, 0.29) is 41.0 Å². The van der Waals surface area contributed by atoms with E-state index in [9.17, 15) is 0 Å². The van der Waals surface area contributed by atoms with Crippen LogP contribution in [0.25, 0.3) is 0 Å². The Bertz CT molecular complexity index is 286. The van der Waals surface area contributed by atoms with Gasteiger partial charge in [0.25, 0.3) is 0 Å². The van der Waals surface area contributed by atoms with Gasteiger partial charge in [0.15, 0.2) is 0 Å². The third-order valence-corrected chi connectivity index (χ3v) is 15.0. The number of nitrogens with zero attached hydrogens (tertiary/aromatic N) is 1. The van der Waals surface area contributed by atoms with Crippen LogP contribution < -0.4 is 24.0 Å². The first-order valence-corrected chi connectivity index (χ1v) is 19.0. The Morgan fingerprint density at radius 2 is 1.13 bits per heavy atom. The molecule has 0 amide bonds.